The topological polar surface area (TPSA) is 71.3 Å². The predicted molar refractivity (Wildman–Crippen MR) is 88.9 cm³/mol. The third kappa shape index (κ3) is 3.07. The van der Waals surface area contributed by atoms with Gasteiger partial charge in [0.2, 0.25) is 5.13 Å². The van der Waals surface area contributed by atoms with Crippen LogP contribution in [0.3, 0.4) is 0 Å². The van der Waals surface area contributed by atoms with Gasteiger partial charge in [-0.25, -0.2) is 0 Å². The predicted octanol–water partition coefficient (Wildman–Crippen LogP) is 2.87. The smallest absolute Gasteiger partial charge is 0.266 e. The highest BCUT2D eigenvalue weighted by Crippen LogP contribution is 2.34. The molecule has 0 radical (unpaired) electrons. The SMILES string of the molecule is CCN1C(=O)/C(=C/c2cccnc2)S/C1=N/c1nnc(C)s1. The molecule has 0 aromatic carbocycles. The maximum Gasteiger partial charge on any atom is 0.266 e. The maximum atomic E-state index is 12.4. The molecule has 112 valence electrons. The summed E-state index contributed by atoms with van der Waals surface area (Å²) in [6, 6.07) is 3.75. The Morgan fingerprint density at radius 3 is 2.91 bits per heavy atom. The number of aliphatic imine (C=N–C) groups is 1. The van der Waals surface area contributed by atoms with Crippen molar-refractivity contribution >= 4 is 45.4 Å². The minimum atomic E-state index is -0.0451. The van der Waals surface area contributed by atoms with Crippen molar-refractivity contribution in [2.45, 2.75) is 13.8 Å². The molecular weight excluding hydrogens is 318 g/mol. The Morgan fingerprint density at radius 1 is 1.41 bits per heavy atom. The van der Waals surface area contributed by atoms with Gasteiger partial charge >= 0.3 is 0 Å². The lowest BCUT2D eigenvalue weighted by atomic mass is 10.2. The van der Waals surface area contributed by atoms with Gasteiger partial charge in [-0.1, -0.05) is 17.4 Å². The standard InChI is InChI=1S/C14H13N5OS2/c1-3-19-12(20)11(7-10-5-4-6-15-8-10)22-14(19)16-13-18-17-9(2)21-13/h4-8H,3H2,1-2H3/b11-7-,16-14+. The highest BCUT2D eigenvalue weighted by molar-refractivity contribution is 8.18. The normalized spacial score (nSPS) is 18.6. The van der Waals surface area contributed by atoms with Crippen LogP contribution in [0.1, 0.15) is 17.5 Å². The summed E-state index contributed by atoms with van der Waals surface area (Å²) in [4.78, 5) is 23.2. The number of rotatable bonds is 3. The molecule has 0 unspecified atom stereocenters. The van der Waals surface area contributed by atoms with Gasteiger partial charge in [0.25, 0.3) is 5.91 Å². The second-order valence-corrected chi connectivity index (χ2v) is 6.61. The molecule has 0 atom stereocenters. The largest absolute Gasteiger partial charge is 0.287 e. The van der Waals surface area contributed by atoms with Crippen molar-refractivity contribution in [1.82, 2.24) is 20.1 Å². The Hall–Kier alpha value is -2.06. The Labute approximate surface area is 136 Å². The van der Waals surface area contributed by atoms with E-state index >= 15 is 0 Å². The number of carbonyl (C=O) groups is 1. The first-order chi connectivity index (χ1) is 10.7. The summed E-state index contributed by atoms with van der Waals surface area (Å²) >= 11 is 2.75. The summed E-state index contributed by atoms with van der Waals surface area (Å²) in [5, 5.41) is 9.97. The monoisotopic (exact) mass is 331 g/mol. The van der Waals surface area contributed by atoms with E-state index in [1.54, 1.807) is 17.3 Å². The Bertz CT molecular complexity index is 754. The molecule has 3 heterocycles. The van der Waals surface area contributed by atoms with Gasteiger partial charge in [0.15, 0.2) is 5.17 Å². The number of aromatic nitrogens is 3. The Balaban J connectivity index is 1.92. The minimum Gasteiger partial charge on any atom is -0.287 e. The summed E-state index contributed by atoms with van der Waals surface area (Å²) in [6.45, 7) is 4.36. The van der Waals surface area contributed by atoms with Crippen LogP contribution in [0.25, 0.3) is 6.08 Å². The molecular formula is C14H13N5OS2. The van der Waals surface area contributed by atoms with Crippen molar-refractivity contribution in [3.63, 3.8) is 0 Å². The zero-order valence-corrected chi connectivity index (χ0v) is 13.7. The van der Waals surface area contributed by atoms with Crippen molar-refractivity contribution < 1.29 is 4.79 Å². The minimum absolute atomic E-state index is 0.0451. The van der Waals surface area contributed by atoms with E-state index in [1.807, 2.05) is 32.1 Å². The molecule has 0 bridgehead atoms. The molecule has 2 aromatic rings. The molecule has 2 aromatic heterocycles. The van der Waals surface area contributed by atoms with Gasteiger partial charge < -0.3 is 0 Å². The van der Waals surface area contributed by atoms with Crippen molar-refractivity contribution in [2.24, 2.45) is 4.99 Å². The van der Waals surface area contributed by atoms with Crippen molar-refractivity contribution in [1.29, 1.82) is 0 Å². The van der Waals surface area contributed by atoms with Crippen LogP contribution in [0.4, 0.5) is 5.13 Å². The molecule has 0 spiro atoms. The molecule has 6 nitrogen and oxygen atoms in total. The number of hydrogen-bond acceptors (Lipinski definition) is 7. The van der Waals surface area contributed by atoms with Gasteiger partial charge in [-0.2, -0.15) is 4.99 Å². The number of pyridine rings is 1. The van der Waals surface area contributed by atoms with Crippen LogP contribution in [0.5, 0.6) is 0 Å². The maximum absolute atomic E-state index is 12.4. The lowest BCUT2D eigenvalue weighted by Crippen LogP contribution is -2.28. The molecule has 3 rings (SSSR count). The fourth-order valence-electron chi connectivity index (χ4n) is 1.90. The first-order valence-electron chi connectivity index (χ1n) is 6.67. The molecule has 8 heteroatoms. The fraction of sp³-hybridized carbons (Fsp3) is 0.214. The quantitative estimate of drug-likeness (QED) is 0.809. The van der Waals surface area contributed by atoms with Crippen LogP contribution >= 0.6 is 23.1 Å². The highest BCUT2D eigenvalue weighted by Gasteiger charge is 2.32. The molecule has 1 amide bonds. The number of nitrogens with zero attached hydrogens (tertiary/aromatic N) is 5. The highest BCUT2D eigenvalue weighted by atomic mass is 32.2. The lowest BCUT2D eigenvalue weighted by Gasteiger charge is -2.10. The molecule has 0 aliphatic carbocycles. The molecule has 22 heavy (non-hydrogen) atoms. The molecule has 1 aliphatic rings. The van der Waals surface area contributed by atoms with Crippen LogP contribution in [0.2, 0.25) is 0 Å². The van der Waals surface area contributed by atoms with E-state index in [2.05, 4.69) is 20.2 Å². The first kappa shape index (κ1) is 14.9. The second-order valence-electron chi connectivity index (χ2n) is 4.44. The van der Waals surface area contributed by atoms with Crippen molar-refractivity contribution in [3.8, 4) is 0 Å². The van der Waals surface area contributed by atoms with E-state index in [4.69, 9.17) is 0 Å². The summed E-state index contributed by atoms with van der Waals surface area (Å²) in [5.41, 5.74) is 0.891. The number of likely N-dealkylation sites (N-methyl/N-ethyl adjacent to an activating group) is 1. The fourth-order valence-corrected chi connectivity index (χ4v) is 3.56. The van der Waals surface area contributed by atoms with E-state index in [9.17, 15) is 4.79 Å². The van der Waals surface area contributed by atoms with Crippen molar-refractivity contribution in [2.75, 3.05) is 6.54 Å². The van der Waals surface area contributed by atoms with Gasteiger partial charge in [0.05, 0.1) is 4.91 Å². The Morgan fingerprint density at radius 2 is 2.27 bits per heavy atom. The number of thioether (sulfide) groups is 1. The van der Waals surface area contributed by atoms with E-state index in [0.29, 0.717) is 21.7 Å². The summed E-state index contributed by atoms with van der Waals surface area (Å²) < 4.78 is 0. The van der Waals surface area contributed by atoms with E-state index < -0.39 is 0 Å². The van der Waals surface area contributed by atoms with Gasteiger partial charge in [-0.15, -0.1) is 10.2 Å². The van der Waals surface area contributed by atoms with Crippen LogP contribution < -0.4 is 0 Å². The van der Waals surface area contributed by atoms with Crippen LogP contribution in [-0.2, 0) is 4.79 Å². The van der Waals surface area contributed by atoms with Gasteiger partial charge in [-0.3, -0.25) is 14.7 Å². The molecule has 0 N–H and O–H groups in total. The van der Waals surface area contributed by atoms with Crippen LogP contribution in [-0.4, -0.2) is 37.7 Å². The average molecular weight is 331 g/mol. The number of amidine groups is 1. The van der Waals surface area contributed by atoms with E-state index in [-0.39, 0.29) is 5.91 Å². The number of carbonyl (C=O) groups excluding carboxylic acids is 1. The van der Waals surface area contributed by atoms with E-state index in [1.165, 1.54) is 23.1 Å². The average Bonchev–Trinajstić information content (AvgIpc) is 3.05. The molecule has 1 aliphatic heterocycles. The number of hydrogen-bond donors (Lipinski definition) is 0. The van der Waals surface area contributed by atoms with Crippen molar-refractivity contribution in [3.05, 3.63) is 40.0 Å². The summed E-state index contributed by atoms with van der Waals surface area (Å²) in [7, 11) is 0. The molecule has 1 saturated heterocycles. The number of amides is 1. The summed E-state index contributed by atoms with van der Waals surface area (Å²) in [5.74, 6) is -0.0451. The first-order valence-corrected chi connectivity index (χ1v) is 8.31. The van der Waals surface area contributed by atoms with Crippen LogP contribution in [0, 0.1) is 6.92 Å². The summed E-state index contributed by atoms with van der Waals surface area (Å²) in [6.07, 6.45) is 5.26. The molecule has 0 saturated carbocycles. The van der Waals surface area contributed by atoms with Gasteiger partial charge in [0, 0.05) is 18.9 Å². The zero-order valence-electron chi connectivity index (χ0n) is 12.1. The van der Waals surface area contributed by atoms with Crippen LogP contribution in [0.15, 0.2) is 34.4 Å². The zero-order chi connectivity index (χ0) is 15.5. The third-order valence-electron chi connectivity index (χ3n) is 2.89. The van der Waals surface area contributed by atoms with E-state index in [0.717, 1.165) is 10.6 Å². The number of aryl methyl sites for hydroxylation is 1. The third-order valence-corrected chi connectivity index (χ3v) is 4.63. The lowest BCUT2D eigenvalue weighted by molar-refractivity contribution is -0.122. The Kier molecular flexibility index (Phi) is 4.30. The van der Waals surface area contributed by atoms with Gasteiger partial charge in [0.1, 0.15) is 5.01 Å². The van der Waals surface area contributed by atoms with Gasteiger partial charge in [-0.05, 0) is 43.3 Å². The second kappa shape index (κ2) is 6.37. The molecule has 1 fully saturated rings.